The van der Waals surface area contributed by atoms with E-state index in [1.807, 2.05) is 38.1 Å². The van der Waals surface area contributed by atoms with Crippen molar-refractivity contribution in [3.05, 3.63) is 79.5 Å². The van der Waals surface area contributed by atoms with Gasteiger partial charge in [0.2, 0.25) is 5.95 Å². The molecule has 0 bridgehead atoms. The Morgan fingerprint density at radius 1 is 1.03 bits per heavy atom. The summed E-state index contributed by atoms with van der Waals surface area (Å²) in [6.45, 7) is 7.84. The minimum Gasteiger partial charge on any atom is -0.389 e. The summed E-state index contributed by atoms with van der Waals surface area (Å²) in [5, 5.41) is 13.6. The van der Waals surface area contributed by atoms with Gasteiger partial charge in [0.25, 0.3) is 5.56 Å². The van der Waals surface area contributed by atoms with Crippen LogP contribution in [0.1, 0.15) is 13.8 Å². The highest BCUT2D eigenvalue weighted by atomic mass is 35.5. The fraction of sp³-hybridized carbons (Fsp3) is 0.308. The minimum absolute atomic E-state index is 0.0949. The molecular weight excluding hydrogens is 529 g/mol. The molecule has 0 radical (unpaired) electrons. The Hall–Kier alpha value is -3.44. The first-order valence-electron chi connectivity index (χ1n) is 12.1. The normalized spacial score (nSPS) is 14.7. The Labute approximate surface area is 228 Å². The second-order valence-corrected chi connectivity index (χ2v) is 10.7. The van der Waals surface area contributed by atoms with Gasteiger partial charge in [-0.2, -0.15) is 4.98 Å². The summed E-state index contributed by atoms with van der Waals surface area (Å²) >= 11 is 12.4. The number of aliphatic hydroxyl groups is 1. The number of benzene rings is 2. The Bertz CT molecular complexity index is 1570. The quantitative estimate of drug-likeness (QED) is 0.331. The van der Waals surface area contributed by atoms with Gasteiger partial charge in [0, 0.05) is 50.3 Å². The fourth-order valence-electron chi connectivity index (χ4n) is 4.57. The predicted molar refractivity (Wildman–Crippen MR) is 150 cm³/mol. The second kappa shape index (κ2) is 10.4. The van der Waals surface area contributed by atoms with E-state index in [1.54, 1.807) is 18.2 Å². The lowest BCUT2D eigenvalue weighted by atomic mass is 10.1. The van der Waals surface area contributed by atoms with Crippen molar-refractivity contribution in [2.75, 3.05) is 42.9 Å². The highest BCUT2D eigenvalue weighted by Gasteiger charge is 2.23. The van der Waals surface area contributed by atoms with Gasteiger partial charge >= 0.3 is 5.69 Å². The molecule has 10 nitrogen and oxygen atoms in total. The SMILES string of the molecule is CC(C)(O)CN1CCN(c2ccc(Nc3ncc4c(=O)n(-c5c(Cl)cccc5Cl)c(=O)[nH]c4n3)cc2)CC1. The number of para-hydroxylation sites is 1. The molecule has 0 amide bonds. The highest BCUT2D eigenvalue weighted by Crippen LogP contribution is 2.27. The lowest BCUT2D eigenvalue weighted by Crippen LogP contribution is -2.50. The van der Waals surface area contributed by atoms with Gasteiger partial charge in [-0.15, -0.1) is 0 Å². The first-order valence-corrected chi connectivity index (χ1v) is 12.9. The molecule has 0 spiro atoms. The van der Waals surface area contributed by atoms with E-state index in [-0.39, 0.29) is 32.7 Å². The highest BCUT2D eigenvalue weighted by molar-refractivity contribution is 6.37. The molecule has 1 saturated heterocycles. The van der Waals surface area contributed by atoms with E-state index in [9.17, 15) is 14.7 Å². The summed E-state index contributed by atoms with van der Waals surface area (Å²) in [4.78, 5) is 41.7. The number of nitrogens with zero attached hydrogens (tertiary/aromatic N) is 5. The lowest BCUT2D eigenvalue weighted by Gasteiger charge is -2.38. The average molecular weight is 556 g/mol. The van der Waals surface area contributed by atoms with Crippen LogP contribution in [0.25, 0.3) is 16.7 Å². The van der Waals surface area contributed by atoms with Gasteiger partial charge in [0.05, 0.1) is 21.3 Å². The van der Waals surface area contributed by atoms with Gasteiger partial charge in [0.1, 0.15) is 5.39 Å². The Morgan fingerprint density at radius 3 is 2.32 bits per heavy atom. The van der Waals surface area contributed by atoms with Crippen LogP contribution in [0.4, 0.5) is 17.3 Å². The number of piperazine rings is 1. The van der Waals surface area contributed by atoms with Crippen LogP contribution < -0.4 is 21.5 Å². The number of aromatic amines is 1. The van der Waals surface area contributed by atoms with Crippen molar-refractivity contribution in [2.24, 2.45) is 0 Å². The smallest absolute Gasteiger partial charge is 0.334 e. The number of hydrogen-bond acceptors (Lipinski definition) is 8. The number of nitrogens with one attached hydrogen (secondary N) is 2. The molecule has 1 fully saturated rings. The molecule has 38 heavy (non-hydrogen) atoms. The molecule has 0 unspecified atom stereocenters. The van der Waals surface area contributed by atoms with Crippen LogP contribution in [0.5, 0.6) is 0 Å². The van der Waals surface area contributed by atoms with Crippen molar-refractivity contribution in [3.63, 3.8) is 0 Å². The maximum Gasteiger partial charge on any atom is 0.334 e. The number of hydrogen-bond donors (Lipinski definition) is 3. The zero-order valence-electron chi connectivity index (χ0n) is 20.9. The standard InChI is InChI=1S/C26H27Cl2N7O3/c1-26(2,38)15-33-10-12-34(13-11-33)17-8-6-16(7-9-17)30-24-29-14-18-22(31-24)32-25(37)35(23(18)36)21-19(27)4-3-5-20(21)28/h3-9,14,38H,10-13,15H2,1-2H3,(H2,29,30,31,32,37). The molecule has 5 rings (SSSR count). The average Bonchev–Trinajstić information content (AvgIpc) is 2.86. The van der Waals surface area contributed by atoms with Crippen molar-refractivity contribution in [1.82, 2.24) is 24.4 Å². The molecule has 12 heteroatoms. The van der Waals surface area contributed by atoms with Crippen LogP contribution in [-0.2, 0) is 0 Å². The van der Waals surface area contributed by atoms with Crippen molar-refractivity contribution in [3.8, 4) is 5.69 Å². The number of anilines is 3. The maximum absolute atomic E-state index is 13.1. The van der Waals surface area contributed by atoms with E-state index in [4.69, 9.17) is 23.2 Å². The van der Waals surface area contributed by atoms with E-state index in [2.05, 4.69) is 30.1 Å². The van der Waals surface area contributed by atoms with Crippen molar-refractivity contribution >= 4 is 51.6 Å². The summed E-state index contributed by atoms with van der Waals surface area (Å²) < 4.78 is 0.882. The summed E-state index contributed by atoms with van der Waals surface area (Å²) in [5.74, 6) is 0.231. The van der Waals surface area contributed by atoms with E-state index in [1.165, 1.54) is 6.20 Å². The largest absolute Gasteiger partial charge is 0.389 e. The number of H-pyrrole nitrogens is 1. The molecule has 0 aliphatic carbocycles. The van der Waals surface area contributed by atoms with E-state index in [0.717, 1.165) is 42.1 Å². The lowest BCUT2D eigenvalue weighted by molar-refractivity contribution is 0.0345. The van der Waals surface area contributed by atoms with Crippen LogP contribution in [0.3, 0.4) is 0 Å². The topological polar surface area (TPSA) is 119 Å². The Kier molecular flexibility index (Phi) is 7.15. The van der Waals surface area contributed by atoms with Crippen LogP contribution in [0.15, 0.2) is 58.3 Å². The monoisotopic (exact) mass is 555 g/mol. The molecule has 4 aromatic rings. The van der Waals surface area contributed by atoms with Crippen LogP contribution in [0.2, 0.25) is 10.0 Å². The Morgan fingerprint density at radius 2 is 1.68 bits per heavy atom. The van der Waals surface area contributed by atoms with E-state index >= 15 is 0 Å². The summed E-state index contributed by atoms with van der Waals surface area (Å²) in [6, 6.07) is 12.6. The first kappa shape index (κ1) is 26.2. The predicted octanol–water partition coefficient (Wildman–Crippen LogP) is 3.41. The second-order valence-electron chi connectivity index (χ2n) is 9.84. The zero-order valence-corrected chi connectivity index (χ0v) is 22.4. The van der Waals surface area contributed by atoms with Crippen LogP contribution in [-0.4, -0.2) is 67.9 Å². The number of halogens is 2. The van der Waals surface area contributed by atoms with Gasteiger partial charge < -0.3 is 15.3 Å². The fourth-order valence-corrected chi connectivity index (χ4v) is 5.13. The molecule has 3 N–H and O–H groups in total. The third-order valence-electron chi connectivity index (χ3n) is 6.28. The van der Waals surface area contributed by atoms with Gasteiger partial charge in [-0.05, 0) is 50.2 Å². The number of rotatable bonds is 6. The van der Waals surface area contributed by atoms with Crippen molar-refractivity contribution in [2.45, 2.75) is 19.4 Å². The first-order chi connectivity index (χ1) is 18.1. The summed E-state index contributed by atoms with van der Waals surface area (Å²) in [5.41, 5.74) is 0.00900. The van der Waals surface area contributed by atoms with Crippen LogP contribution >= 0.6 is 23.2 Å². The molecule has 2 aromatic carbocycles. The summed E-state index contributed by atoms with van der Waals surface area (Å²) in [7, 11) is 0. The van der Waals surface area contributed by atoms with Crippen molar-refractivity contribution in [1.29, 1.82) is 0 Å². The number of fused-ring (bicyclic) bond motifs is 1. The van der Waals surface area contributed by atoms with Crippen LogP contribution in [0, 0.1) is 0 Å². The van der Waals surface area contributed by atoms with Crippen molar-refractivity contribution < 1.29 is 5.11 Å². The van der Waals surface area contributed by atoms with Gasteiger partial charge in [-0.1, -0.05) is 29.3 Å². The van der Waals surface area contributed by atoms with E-state index in [0.29, 0.717) is 6.54 Å². The molecule has 0 atom stereocenters. The number of β-amino-alcohol motifs (C(OH)–C–C–N with tert-alkyl or cyclic N) is 1. The summed E-state index contributed by atoms with van der Waals surface area (Å²) in [6.07, 6.45) is 1.35. The third-order valence-corrected chi connectivity index (χ3v) is 6.89. The molecule has 198 valence electrons. The zero-order chi connectivity index (χ0) is 27.0. The van der Waals surface area contributed by atoms with Gasteiger partial charge in [-0.3, -0.25) is 14.7 Å². The third kappa shape index (κ3) is 5.53. The molecule has 1 aliphatic heterocycles. The molecule has 1 aliphatic rings. The number of aromatic nitrogens is 4. The molecule has 2 aromatic heterocycles. The maximum atomic E-state index is 13.1. The van der Waals surface area contributed by atoms with Gasteiger partial charge in [-0.25, -0.2) is 14.3 Å². The molecular formula is C26H27Cl2N7O3. The van der Waals surface area contributed by atoms with E-state index < -0.39 is 16.9 Å². The van der Waals surface area contributed by atoms with Gasteiger partial charge in [0.15, 0.2) is 5.65 Å². The Balaban J connectivity index is 1.32. The molecule has 0 saturated carbocycles. The minimum atomic E-state index is -0.714. The molecule has 3 heterocycles.